The number of aliphatic hydroxyl groups excluding tert-OH is 6. The van der Waals surface area contributed by atoms with E-state index in [1.165, 1.54) is 0 Å². The van der Waals surface area contributed by atoms with Crippen molar-refractivity contribution < 1.29 is 30.6 Å². The summed E-state index contributed by atoms with van der Waals surface area (Å²) >= 11 is 0. The van der Waals surface area contributed by atoms with Gasteiger partial charge in [0.1, 0.15) is 24.4 Å². The van der Waals surface area contributed by atoms with Gasteiger partial charge in [0.25, 0.3) is 0 Å². The highest BCUT2D eigenvalue weighted by Crippen LogP contribution is 2.03. The van der Waals surface area contributed by atoms with Crippen molar-refractivity contribution in [2.75, 3.05) is 13.2 Å². The predicted molar refractivity (Wildman–Crippen MR) is 38.2 cm³/mol. The summed E-state index contributed by atoms with van der Waals surface area (Å²) in [6, 6.07) is 0. The first kappa shape index (κ1) is 11.8. The van der Waals surface area contributed by atoms with Crippen molar-refractivity contribution in [2.24, 2.45) is 0 Å². The monoisotopic (exact) mass is 183 g/mol. The molecule has 0 aromatic rings. The van der Waals surface area contributed by atoms with Crippen LogP contribution in [0.15, 0.2) is 0 Å². The van der Waals surface area contributed by atoms with Crippen molar-refractivity contribution in [3.8, 4) is 0 Å². The van der Waals surface area contributed by atoms with Crippen LogP contribution in [0.25, 0.3) is 0 Å². The molecule has 0 aliphatic rings. The fourth-order valence-electron chi connectivity index (χ4n) is 0.671. The zero-order chi connectivity index (χ0) is 9.72. The van der Waals surface area contributed by atoms with Gasteiger partial charge in [-0.05, 0) is 0 Å². The van der Waals surface area contributed by atoms with Crippen LogP contribution in [-0.4, -0.2) is 68.3 Å². The summed E-state index contributed by atoms with van der Waals surface area (Å²) in [7, 11) is 0. The number of hydrogen-bond donors (Lipinski definition) is 6. The molecule has 0 aromatic heterocycles. The van der Waals surface area contributed by atoms with Crippen LogP contribution in [0.3, 0.4) is 0 Å². The molecule has 0 aliphatic carbocycles. The van der Waals surface area contributed by atoms with Crippen LogP contribution in [0.1, 0.15) is 0 Å². The Bertz CT molecular complexity index is 105. The number of aliphatic hydroxyl groups is 6. The molecule has 0 heterocycles. The van der Waals surface area contributed by atoms with E-state index in [0.29, 0.717) is 0 Å². The normalized spacial score (nSPS) is 21.5. The highest BCUT2D eigenvalue weighted by atomic mass is 16.4. The van der Waals surface area contributed by atoms with E-state index in [4.69, 9.17) is 30.6 Å². The van der Waals surface area contributed by atoms with Gasteiger partial charge in [-0.3, -0.25) is 0 Å². The van der Waals surface area contributed by atoms with Gasteiger partial charge in [0, 0.05) is 0 Å². The minimum atomic E-state index is -1.67. The molecule has 0 saturated carbocycles. The van der Waals surface area contributed by atoms with E-state index in [0.717, 1.165) is 0 Å². The molecular formula is C6H14O6. The first-order chi connectivity index (χ1) is 5.54. The summed E-state index contributed by atoms with van der Waals surface area (Å²) < 4.78 is 0. The second kappa shape index (κ2) is 5.41. The molecule has 0 fully saturated rings. The van der Waals surface area contributed by atoms with Crippen molar-refractivity contribution >= 4 is 0 Å². The van der Waals surface area contributed by atoms with E-state index < -0.39 is 37.6 Å². The second-order valence-corrected chi connectivity index (χ2v) is 2.48. The van der Waals surface area contributed by atoms with Gasteiger partial charge in [0.2, 0.25) is 0 Å². The van der Waals surface area contributed by atoms with E-state index in [1.54, 1.807) is 0 Å². The first-order valence-corrected chi connectivity index (χ1v) is 3.48. The third-order valence-electron chi connectivity index (χ3n) is 1.51. The van der Waals surface area contributed by atoms with Gasteiger partial charge in [-0.15, -0.1) is 0 Å². The van der Waals surface area contributed by atoms with Crippen LogP contribution in [0.5, 0.6) is 0 Å². The zero-order valence-corrected chi connectivity index (χ0v) is 6.41. The average Bonchev–Trinajstić information content (AvgIpc) is 2.12. The molecule has 4 atom stereocenters. The number of hydrogen-bond acceptors (Lipinski definition) is 6. The Morgan fingerprint density at radius 3 is 1.08 bits per heavy atom. The van der Waals surface area contributed by atoms with E-state index in [2.05, 4.69) is 0 Å². The third kappa shape index (κ3) is 3.02. The van der Waals surface area contributed by atoms with Gasteiger partial charge in [0.05, 0.1) is 13.2 Å². The maximum Gasteiger partial charge on any atom is 0.111 e. The summed E-state index contributed by atoms with van der Waals surface area (Å²) in [5, 5.41) is 52.2. The largest absolute Gasteiger partial charge is 0.394 e. The molecule has 0 spiro atoms. The van der Waals surface area contributed by atoms with E-state index in [9.17, 15) is 0 Å². The topological polar surface area (TPSA) is 121 Å². The molecule has 6 N–H and O–H groups in total. The van der Waals surface area contributed by atoms with Gasteiger partial charge in [-0.25, -0.2) is 0 Å². The van der Waals surface area contributed by atoms with Gasteiger partial charge >= 0.3 is 0 Å². The predicted octanol–water partition coefficient (Wildman–Crippen LogP) is -3.59. The fourth-order valence-corrected chi connectivity index (χ4v) is 0.671. The van der Waals surface area contributed by atoms with Gasteiger partial charge in [0.15, 0.2) is 0 Å². The molecule has 0 aliphatic heterocycles. The lowest BCUT2D eigenvalue weighted by atomic mass is 10.1. The molecule has 0 amide bonds. The smallest absolute Gasteiger partial charge is 0.111 e. The summed E-state index contributed by atoms with van der Waals surface area (Å²) in [5.41, 5.74) is 0. The Labute approximate surface area is 69.3 Å². The van der Waals surface area contributed by atoms with E-state index in [-0.39, 0.29) is 0 Å². The summed E-state index contributed by atoms with van der Waals surface area (Å²) in [4.78, 5) is 0. The summed E-state index contributed by atoms with van der Waals surface area (Å²) in [6.45, 7) is -1.45. The molecule has 0 saturated heterocycles. The maximum atomic E-state index is 8.96. The molecular weight excluding hydrogens is 169 g/mol. The highest BCUT2D eigenvalue weighted by molar-refractivity contribution is 4.79. The SMILES string of the molecule is OC[C@H](O)[C@H](O)[C@@H](O)[13C@H](O)CO. The van der Waals surface area contributed by atoms with Gasteiger partial charge < -0.3 is 30.6 Å². The molecule has 74 valence electrons. The molecule has 12 heavy (non-hydrogen) atoms. The Morgan fingerprint density at radius 1 is 0.667 bits per heavy atom. The summed E-state index contributed by atoms with van der Waals surface area (Å²) in [5.74, 6) is 0. The third-order valence-corrected chi connectivity index (χ3v) is 1.51. The minimum absolute atomic E-state index is 0.726. The van der Waals surface area contributed by atoms with Crippen LogP contribution in [-0.2, 0) is 0 Å². The van der Waals surface area contributed by atoms with Crippen molar-refractivity contribution in [1.82, 2.24) is 0 Å². The quantitative estimate of drug-likeness (QED) is 0.245. The molecule has 6 heteroatoms. The van der Waals surface area contributed by atoms with Gasteiger partial charge in [-0.2, -0.15) is 0 Å². The maximum absolute atomic E-state index is 8.96. The van der Waals surface area contributed by atoms with Crippen LogP contribution < -0.4 is 0 Å². The Balaban J connectivity index is 3.99. The number of rotatable bonds is 5. The van der Waals surface area contributed by atoms with E-state index in [1.807, 2.05) is 0 Å². The Morgan fingerprint density at radius 2 is 0.917 bits per heavy atom. The standard InChI is InChI=1S/C6H14O6/c7-1-3(9)5(11)6(12)4(10)2-8/h3-12H,1-2H2/t3-,4+,5-,6-/m0/s1/i3+1/t3-,4+,5+,6+/m1. The highest BCUT2D eigenvalue weighted by Gasteiger charge is 2.29. The molecule has 0 aromatic carbocycles. The van der Waals surface area contributed by atoms with Crippen molar-refractivity contribution in [3.63, 3.8) is 0 Å². The van der Waals surface area contributed by atoms with Crippen LogP contribution in [0, 0.1) is 0 Å². The molecule has 6 nitrogen and oxygen atoms in total. The Hall–Kier alpha value is -0.240. The Kier molecular flexibility index (Phi) is 5.31. The minimum Gasteiger partial charge on any atom is -0.394 e. The molecule has 0 rings (SSSR count). The average molecular weight is 183 g/mol. The summed E-state index contributed by atoms with van der Waals surface area (Å²) in [6.07, 6.45) is -6.39. The fraction of sp³-hybridized carbons (Fsp3) is 1.00. The lowest BCUT2D eigenvalue weighted by molar-refractivity contribution is -0.123. The first-order valence-electron chi connectivity index (χ1n) is 3.48. The van der Waals surface area contributed by atoms with Gasteiger partial charge in [-0.1, -0.05) is 0 Å². The second-order valence-electron chi connectivity index (χ2n) is 2.48. The zero-order valence-electron chi connectivity index (χ0n) is 6.41. The van der Waals surface area contributed by atoms with Crippen molar-refractivity contribution in [1.29, 1.82) is 0 Å². The van der Waals surface area contributed by atoms with Crippen LogP contribution in [0.2, 0.25) is 0 Å². The van der Waals surface area contributed by atoms with Crippen LogP contribution >= 0.6 is 0 Å². The van der Waals surface area contributed by atoms with Crippen molar-refractivity contribution in [2.45, 2.75) is 24.4 Å². The van der Waals surface area contributed by atoms with E-state index >= 15 is 0 Å². The molecule has 0 radical (unpaired) electrons. The lowest BCUT2D eigenvalue weighted by Crippen LogP contribution is -2.46. The molecule has 0 unspecified atom stereocenters. The molecule has 0 bridgehead atoms. The van der Waals surface area contributed by atoms with Crippen molar-refractivity contribution in [3.05, 3.63) is 0 Å². The lowest BCUT2D eigenvalue weighted by Gasteiger charge is -2.24. The van der Waals surface area contributed by atoms with Crippen LogP contribution in [0.4, 0.5) is 0 Å².